The second-order valence-electron chi connectivity index (χ2n) is 4.80. The van der Waals surface area contributed by atoms with E-state index in [1.54, 1.807) is 19.2 Å². The highest BCUT2D eigenvalue weighted by Crippen LogP contribution is 2.26. The number of hydrogen-bond acceptors (Lipinski definition) is 9. The van der Waals surface area contributed by atoms with Gasteiger partial charge in [-0.05, 0) is 24.8 Å². The summed E-state index contributed by atoms with van der Waals surface area (Å²) in [7, 11) is -1.43. The molecular weight excluding hydrogens is 382 g/mol. The maximum absolute atomic E-state index is 12.5. The molecule has 0 unspecified atom stereocenters. The molecule has 2 rings (SSSR count). The van der Waals surface area contributed by atoms with Crippen LogP contribution in [0.4, 0.5) is 10.7 Å². The van der Waals surface area contributed by atoms with Gasteiger partial charge in [-0.25, -0.2) is 14.5 Å². The minimum atomic E-state index is -4.19. The molecule has 0 aromatic carbocycles. The van der Waals surface area contributed by atoms with Crippen LogP contribution in [0.1, 0.15) is 5.56 Å². The molecule has 0 aliphatic heterocycles. The standard InChI is InChI=1S/C14H17N5O5S2/c1-8-5-6-15-12(11(8)25-4)26(21,22)19-14(20)18-13-16-9(23-2)7-10(17-13)24-3/h5-7H,1-4H3,(H2,16,17,18,19,20). The number of anilines is 1. The van der Waals surface area contributed by atoms with E-state index in [4.69, 9.17) is 9.47 Å². The van der Waals surface area contributed by atoms with Crippen molar-refractivity contribution in [3.05, 3.63) is 23.9 Å². The van der Waals surface area contributed by atoms with Crippen LogP contribution in [0.2, 0.25) is 0 Å². The summed E-state index contributed by atoms with van der Waals surface area (Å²) in [5.41, 5.74) is 0.731. The van der Waals surface area contributed by atoms with Crippen molar-refractivity contribution in [1.82, 2.24) is 19.7 Å². The molecule has 0 saturated heterocycles. The number of thioether (sulfide) groups is 1. The average molecular weight is 399 g/mol. The van der Waals surface area contributed by atoms with E-state index in [1.807, 2.05) is 4.72 Å². The zero-order chi connectivity index (χ0) is 19.3. The summed E-state index contributed by atoms with van der Waals surface area (Å²) in [5, 5.41) is 1.99. The molecule has 0 spiro atoms. The summed E-state index contributed by atoms with van der Waals surface area (Å²) in [4.78, 5) is 24.2. The predicted octanol–water partition coefficient (Wildman–Crippen LogP) is 1.43. The van der Waals surface area contributed by atoms with Crippen molar-refractivity contribution in [3.63, 3.8) is 0 Å². The summed E-state index contributed by atoms with van der Waals surface area (Å²) in [6.07, 6.45) is 3.08. The first-order valence-corrected chi connectivity index (χ1v) is 9.82. The number of hydrogen-bond donors (Lipinski definition) is 2. The Bertz CT molecular complexity index is 898. The number of methoxy groups -OCH3 is 2. The molecule has 2 aromatic heterocycles. The molecule has 0 atom stereocenters. The molecule has 0 saturated carbocycles. The van der Waals surface area contributed by atoms with Gasteiger partial charge in [0.15, 0.2) is 5.03 Å². The third-order valence-electron chi connectivity index (χ3n) is 3.08. The van der Waals surface area contributed by atoms with Gasteiger partial charge in [-0.2, -0.15) is 18.4 Å². The number of carbonyl (C=O) groups excluding carboxylic acids is 1. The van der Waals surface area contributed by atoms with Crippen LogP contribution in [0.25, 0.3) is 0 Å². The van der Waals surface area contributed by atoms with E-state index in [9.17, 15) is 13.2 Å². The van der Waals surface area contributed by atoms with Crippen molar-refractivity contribution in [2.45, 2.75) is 16.8 Å². The Balaban J connectivity index is 2.23. The summed E-state index contributed by atoms with van der Waals surface area (Å²) in [6, 6.07) is 2.04. The third kappa shape index (κ3) is 4.52. The van der Waals surface area contributed by atoms with Crippen LogP contribution < -0.4 is 19.5 Å². The first-order chi connectivity index (χ1) is 12.3. The van der Waals surface area contributed by atoms with Crippen molar-refractivity contribution in [1.29, 1.82) is 0 Å². The van der Waals surface area contributed by atoms with Crippen LogP contribution in [0.3, 0.4) is 0 Å². The highest BCUT2D eigenvalue weighted by molar-refractivity contribution is 7.99. The number of pyridine rings is 1. The normalized spacial score (nSPS) is 10.9. The highest BCUT2D eigenvalue weighted by atomic mass is 32.2. The zero-order valence-corrected chi connectivity index (χ0v) is 16.1. The summed E-state index contributed by atoms with van der Waals surface area (Å²) < 4.78 is 36.7. The lowest BCUT2D eigenvalue weighted by atomic mass is 10.3. The number of aromatic nitrogens is 3. The van der Waals surface area contributed by atoms with Crippen molar-refractivity contribution in [2.75, 3.05) is 25.8 Å². The smallest absolute Gasteiger partial charge is 0.335 e. The topological polar surface area (TPSA) is 132 Å². The summed E-state index contributed by atoms with van der Waals surface area (Å²) >= 11 is 1.22. The van der Waals surface area contributed by atoms with Crippen molar-refractivity contribution < 1.29 is 22.7 Å². The Hall–Kier alpha value is -2.60. The Morgan fingerprint density at radius 2 is 1.81 bits per heavy atom. The largest absolute Gasteiger partial charge is 0.481 e. The first kappa shape index (κ1) is 19.7. The number of nitrogens with zero attached hydrogens (tertiary/aromatic N) is 3. The fraction of sp³-hybridized carbons (Fsp3) is 0.286. The van der Waals surface area contributed by atoms with Gasteiger partial charge < -0.3 is 9.47 Å². The van der Waals surface area contributed by atoms with Crippen LogP contribution in [-0.4, -0.2) is 49.9 Å². The number of rotatable bonds is 6. The number of aryl methyl sites for hydroxylation is 1. The van der Waals surface area contributed by atoms with Crippen LogP contribution in [0.15, 0.2) is 28.3 Å². The van der Waals surface area contributed by atoms with E-state index in [-0.39, 0.29) is 22.7 Å². The quantitative estimate of drug-likeness (QED) is 0.692. The van der Waals surface area contributed by atoms with Gasteiger partial charge in [0.25, 0.3) is 10.0 Å². The molecule has 0 radical (unpaired) electrons. The monoisotopic (exact) mass is 399 g/mol. The summed E-state index contributed by atoms with van der Waals surface area (Å²) in [6.45, 7) is 1.75. The maximum Gasteiger partial charge on any atom is 0.335 e. The van der Waals surface area contributed by atoms with Gasteiger partial charge >= 0.3 is 6.03 Å². The van der Waals surface area contributed by atoms with Crippen LogP contribution in [-0.2, 0) is 10.0 Å². The van der Waals surface area contributed by atoms with E-state index in [0.717, 1.165) is 5.56 Å². The number of ether oxygens (including phenoxy) is 2. The van der Waals surface area contributed by atoms with Crippen LogP contribution >= 0.6 is 11.8 Å². The van der Waals surface area contributed by atoms with Crippen molar-refractivity contribution in [2.24, 2.45) is 0 Å². The Morgan fingerprint density at radius 3 is 2.35 bits per heavy atom. The second-order valence-corrected chi connectivity index (χ2v) is 7.22. The lowest BCUT2D eigenvalue weighted by Gasteiger charge is -2.12. The molecule has 2 amide bonds. The van der Waals surface area contributed by atoms with Gasteiger partial charge in [-0.15, -0.1) is 11.8 Å². The van der Waals surface area contributed by atoms with E-state index >= 15 is 0 Å². The Kier molecular flexibility index (Phi) is 6.21. The Labute approximate surface area is 154 Å². The van der Waals surface area contributed by atoms with Gasteiger partial charge in [-0.1, -0.05) is 0 Å². The number of carbonyl (C=O) groups is 1. The molecule has 2 heterocycles. The van der Waals surface area contributed by atoms with Gasteiger partial charge in [0.05, 0.1) is 20.3 Å². The molecule has 0 bridgehead atoms. The third-order valence-corrected chi connectivity index (χ3v) is 5.40. The van der Waals surface area contributed by atoms with E-state index in [2.05, 4.69) is 20.3 Å². The van der Waals surface area contributed by atoms with E-state index in [1.165, 1.54) is 38.2 Å². The summed E-state index contributed by atoms with van der Waals surface area (Å²) in [5.74, 6) is 0.0937. The molecule has 10 nitrogen and oxygen atoms in total. The first-order valence-electron chi connectivity index (χ1n) is 7.11. The van der Waals surface area contributed by atoms with E-state index < -0.39 is 16.1 Å². The average Bonchev–Trinajstić information content (AvgIpc) is 2.60. The second kappa shape index (κ2) is 8.19. The molecule has 140 valence electrons. The van der Waals surface area contributed by atoms with Crippen molar-refractivity contribution >= 4 is 33.8 Å². The van der Waals surface area contributed by atoms with Gasteiger partial charge in [0.2, 0.25) is 17.7 Å². The maximum atomic E-state index is 12.5. The number of nitrogens with one attached hydrogen (secondary N) is 2. The lowest BCUT2D eigenvalue weighted by Crippen LogP contribution is -2.35. The molecule has 26 heavy (non-hydrogen) atoms. The molecule has 2 aromatic rings. The molecule has 12 heteroatoms. The SMILES string of the molecule is COc1cc(OC)nc(NC(=O)NS(=O)(=O)c2nccc(C)c2SC)n1. The minimum Gasteiger partial charge on any atom is -0.481 e. The molecule has 0 fully saturated rings. The Morgan fingerprint density at radius 1 is 1.19 bits per heavy atom. The van der Waals surface area contributed by atoms with Gasteiger partial charge in [0, 0.05) is 11.1 Å². The lowest BCUT2D eigenvalue weighted by molar-refractivity contribution is 0.256. The molecular formula is C14H17N5O5S2. The number of urea groups is 1. The fourth-order valence-corrected chi connectivity index (χ4v) is 4.12. The molecule has 0 aliphatic rings. The number of amides is 2. The van der Waals surface area contributed by atoms with Gasteiger partial charge in [-0.3, -0.25) is 5.32 Å². The molecule has 0 aliphatic carbocycles. The van der Waals surface area contributed by atoms with Crippen LogP contribution in [0, 0.1) is 6.92 Å². The van der Waals surface area contributed by atoms with Crippen LogP contribution in [0.5, 0.6) is 11.8 Å². The number of sulfonamides is 1. The minimum absolute atomic E-state index is 0.139. The van der Waals surface area contributed by atoms with Gasteiger partial charge in [0.1, 0.15) is 0 Å². The molecule has 2 N–H and O–H groups in total. The van der Waals surface area contributed by atoms with Crippen molar-refractivity contribution in [3.8, 4) is 11.8 Å². The van der Waals surface area contributed by atoms with E-state index in [0.29, 0.717) is 4.90 Å². The zero-order valence-electron chi connectivity index (χ0n) is 14.4. The highest BCUT2D eigenvalue weighted by Gasteiger charge is 2.24. The fourth-order valence-electron chi connectivity index (χ4n) is 1.93. The predicted molar refractivity (Wildman–Crippen MR) is 95.2 cm³/mol.